The molecule has 2 aliphatic rings. The number of esters is 1. The van der Waals surface area contributed by atoms with Gasteiger partial charge < -0.3 is 14.7 Å². The van der Waals surface area contributed by atoms with Crippen LogP contribution in [0, 0.1) is 24.2 Å². The zero-order valence-corrected chi connectivity index (χ0v) is 22.7. The lowest BCUT2D eigenvalue weighted by atomic mass is 9.95. The summed E-state index contributed by atoms with van der Waals surface area (Å²) in [6, 6.07) is 2.02. The van der Waals surface area contributed by atoms with Crippen molar-refractivity contribution in [3.05, 3.63) is 31.9 Å². The predicted molar refractivity (Wildman–Crippen MR) is 144 cm³/mol. The van der Waals surface area contributed by atoms with Crippen LogP contribution in [0.25, 0.3) is 6.08 Å². The van der Waals surface area contributed by atoms with Crippen LogP contribution in [0.15, 0.2) is 9.70 Å². The normalized spacial score (nSPS) is 17.4. The summed E-state index contributed by atoms with van der Waals surface area (Å²) in [6.07, 6.45) is 4.22. The average molecular weight is 547 g/mol. The molecule has 10 nitrogen and oxygen atoms in total. The third kappa shape index (κ3) is 6.05. The van der Waals surface area contributed by atoms with E-state index in [1.807, 2.05) is 17.9 Å². The van der Waals surface area contributed by atoms with Gasteiger partial charge in [-0.2, -0.15) is 5.26 Å². The molecule has 0 bridgehead atoms. The van der Waals surface area contributed by atoms with Crippen molar-refractivity contribution in [1.82, 2.24) is 9.47 Å². The van der Waals surface area contributed by atoms with Crippen molar-refractivity contribution < 1.29 is 24.2 Å². The van der Waals surface area contributed by atoms with Crippen molar-refractivity contribution in [2.24, 2.45) is 5.92 Å². The third-order valence-corrected chi connectivity index (χ3v) is 7.82. The topological polar surface area (TPSA) is 133 Å². The van der Waals surface area contributed by atoms with Gasteiger partial charge in [0.05, 0.1) is 17.4 Å². The Hall–Kier alpha value is -3.17. The molecule has 3 rings (SSSR count). The quantitative estimate of drug-likeness (QED) is 0.280. The second kappa shape index (κ2) is 12.4. The molecule has 198 valence electrons. The van der Waals surface area contributed by atoms with E-state index in [0.717, 1.165) is 23.1 Å². The number of hydrogen-bond acceptors (Lipinski definition) is 9. The van der Waals surface area contributed by atoms with Gasteiger partial charge in [0, 0.05) is 25.2 Å². The maximum Gasteiger partial charge on any atom is 0.323 e. The molecule has 1 aromatic rings. The number of amides is 1. The molecule has 0 unspecified atom stereocenters. The molecule has 1 aromatic heterocycles. The Labute approximate surface area is 224 Å². The monoisotopic (exact) mass is 546 g/mol. The highest BCUT2D eigenvalue weighted by Gasteiger charge is 2.35. The molecule has 2 fully saturated rings. The van der Waals surface area contributed by atoms with Gasteiger partial charge in [-0.25, -0.2) is 0 Å². The van der Waals surface area contributed by atoms with Gasteiger partial charge >= 0.3 is 11.9 Å². The molecule has 0 spiro atoms. The summed E-state index contributed by atoms with van der Waals surface area (Å²) in [7, 11) is 0. The Kier molecular flexibility index (Phi) is 9.50. The molecule has 0 saturated carbocycles. The van der Waals surface area contributed by atoms with Crippen molar-refractivity contribution in [3.8, 4) is 6.07 Å². The van der Waals surface area contributed by atoms with Gasteiger partial charge in [-0.05, 0) is 44.7 Å². The Morgan fingerprint density at radius 2 is 1.95 bits per heavy atom. The maximum atomic E-state index is 13.4. The molecule has 0 radical (unpaired) electrons. The fourth-order valence-corrected chi connectivity index (χ4v) is 5.74. The van der Waals surface area contributed by atoms with Crippen LogP contribution >= 0.6 is 24.0 Å². The van der Waals surface area contributed by atoms with Crippen molar-refractivity contribution in [2.75, 3.05) is 31.1 Å². The van der Waals surface area contributed by atoms with Gasteiger partial charge in [0.15, 0.2) is 0 Å². The fraction of sp³-hybridized carbons (Fsp3) is 0.520. The van der Waals surface area contributed by atoms with Crippen LogP contribution in [-0.4, -0.2) is 63.0 Å². The first kappa shape index (κ1) is 28.4. The Morgan fingerprint density at radius 1 is 1.27 bits per heavy atom. The summed E-state index contributed by atoms with van der Waals surface area (Å²) in [4.78, 5) is 53.1. The molecule has 1 amide bonds. The number of thioether (sulfide) groups is 1. The summed E-state index contributed by atoms with van der Waals surface area (Å²) in [5, 5.41) is 19.0. The second-order valence-electron chi connectivity index (χ2n) is 8.83. The zero-order chi connectivity index (χ0) is 27.3. The summed E-state index contributed by atoms with van der Waals surface area (Å²) >= 11 is 6.22. The Bertz CT molecular complexity index is 1240. The lowest BCUT2D eigenvalue weighted by molar-refractivity contribution is -0.148. The van der Waals surface area contributed by atoms with E-state index in [0.29, 0.717) is 62.4 Å². The van der Waals surface area contributed by atoms with Gasteiger partial charge in [-0.15, -0.1) is 0 Å². The highest BCUT2D eigenvalue weighted by Crippen LogP contribution is 2.37. The van der Waals surface area contributed by atoms with Crippen molar-refractivity contribution in [3.63, 3.8) is 0 Å². The smallest absolute Gasteiger partial charge is 0.323 e. The van der Waals surface area contributed by atoms with Gasteiger partial charge in [0.2, 0.25) is 0 Å². The number of ether oxygens (including phenoxy) is 1. The molecule has 2 saturated heterocycles. The number of rotatable bonds is 9. The summed E-state index contributed by atoms with van der Waals surface area (Å²) < 4.78 is 6.90. The van der Waals surface area contributed by atoms with Crippen LogP contribution in [0.5, 0.6) is 0 Å². The largest absolute Gasteiger partial charge is 0.480 e. The van der Waals surface area contributed by atoms with Gasteiger partial charge in [0.25, 0.3) is 11.5 Å². The van der Waals surface area contributed by atoms with E-state index in [2.05, 4.69) is 0 Å². The van der Waals surface area contributed by atoms with Crippen LogP contribution in [0.2, 0.25) is 0 Å². The van der Waals surface area contributed by atoms with E-state index in [9.17, 15) is 24.4 Å². The summed E-state index contributed by atoms with van der Waals surface area (Å²) in [6.45, 7) is 6.57. The number of carboxylic acids is 1. The number of thiocarbonyl (C=S) groups is 1. The first-order valence-corrected chi connectivity index (χ1v) is 13.4. The minimum Gasteiger partial charge on any atom is -0.480 e. The van der Waals surface area contributed by atoms with Crippen molar-refractivity contribution in [2.45, 2.75) is 53.0 Å². The molecule has 12 heteroatoms. The molecule has 0 atom stereocenters. The number of nitriles is 1. The maximum absolute atomic E-state index is 13.4. The lowest BCUT2D eigenvalue weighted by Crippen LogP contribution is -2.41. The van der Waals surface area contributed by atoms with Gasteiger partial charge in [0.1, 0.15) is 28.3 Å². The molecule has 1 N–H and O–H groups in total. The Morgan fingerprint density at radius 3 is 2.51 bits per heavy atom. The molecular weight excluding hydrogens is 516 g/mol. The molecule has 2 aliphatic heterocycles. The zero-order valence-electron chi connectivity index (χ0n) is 21.1. The minimum absolute atomic E-state index is 0.00599. The van der Waals surface area contributed by atoms with Gasteiger partial charge in [-0.3, -0.25) is 28.6 Å². The molecule has 0 aromatic carbocycles. The molecule has 37 heavy (non-hydrogen) atoms. The number of piperidine rings is 1. The van der Waals surface area contributed by atoms with Crippen LogP contribution in [-0.2, 0) is 25.7 Å². The fourth-order valence-electron chi connectivity index (χ4n) is 4.50. The summed E-state index contributed by atoms with van der Waals surface area (Å²) in [5.74, 6) is -1.60. The number of anilines is 1. The van der Waals surface area contributed by atoms with E-state index >= 15 is 0 Å². The number of pyridine rings is 1. The number of aromatic nitrogens is 1. The second-order valence-corrected chi connectivity index (χ2v) is 10.5. The van der Waals surface area contributed by atoms with Crippen LogP contribution in [0.3, 0.4) is 0 Å². The van der Waals surface area contributed by atoms with Crippen molar-refractivity contribution in [1.29, 1.82) is 5.26 Å². The predicted octanol–water partition coefficient (Wildman–Crippen LogP) is 2.89. The molecule has 3 heterocycles. The number of nitrogens with zero attached hydrogens (tertiary/aromatic N) is 4. The standard InChI is InChI=1S/C25H30N4O6S2/c1-4-6-9-28-21(27-10-7-16(8-11-27)24(34)35-5-2)17(15(3)18(13-26)22(28)32)12-19-23(33)29(14-20(30)31)25(36)37-19/h12,16H,4-11,14H2,1-3H3,(H,30,31)/b19-12+. The number of aliphatic carboxylic acids is 1. The highest BCUT2D eigenvalue weighted by atomic mass is 32.2. The van der Waals surface area contributed by atoms with E-state index < -0.39 is 24.0 Å². The van der Waals surface area contributed by atoms with Crippen LogP contribution in [0.4, 0.5) is 5.82 Å². The molecular formula is C25H30N4O6S2. The van der Waals surface area contributed by atoms with Crippen LogP contribution in [0.1, 0.15) is 56.2 Å². The first-order valence-electron chi connectivity index (χ1n) is 12.2. The van der Waals surface area contributed by atoms with Crippen molar-refractivity contribution >= 4 is 58.0 Å². The van der Waals surface area contributed by atoms with E-state index in [4.69, 9.17) is 22.1 Å². The minimum atomic E-state index is -1.18. The summed E-state index contributed by atoms with van der Waals surface area (Å²) in [5.41, 5.74) is 0.573. The number of hydrogen-bond donors (Lipinski definition) is 1. The van der Waals surface area contributed by atoms with Crippen LogP contribution < -0.4 is 10.5 Å². The molecule has 0 aliphatic carbocycles. The number of carboxylic acid groups (broad SMARTS) is 1. The highest BCUT2D eigenvalue weighted by molar-refractivity contribution is 8.26. The van der Waals surface area contributed by atoms with Gasteiger partial charge in [-0.1, -0.05) is 37.3 Å². The Balaban J connectivity index is 2.13. The lowest BCUT2D eigenvalue weighted by Gasteiger charge is -2.35. The number of carbonyl (C=O) groups is 3. The first-order chi connectivity index (χ1) is 17.6. The van der Waals surface area contributed by atoms with E-state index in [1.165, 1.54) is 0 Å². The van der Waals surface area contributed by atoms with E-state index in [-0.39, 0.29) is 26.7 Å². The average Bonchev–Trinajstić information content (AvgIpc) is 3.12. The number of carbonyl (C=O) groups excluding carboxylic acids is 2. The third-order valence-electron chi connectivity index (χ3n) is 6.44. The number of unbranched alkanes of at least 4 members (excludes halogenated alkanes) is 1. The SMILES string of the molecule is CCCCn1c(N2CCC(C(=O)OCC)CC2)c(/C=C2/SC(=S)N(CC(=O)O)C2=O)c(C)c(C#N)c1=O. The van der Waals surface area contributed by atoms with E-state index in [1.54, 1.807) is 24.5 Å².